The van der Waals surface area contributed by atoms with E-state index in [1.54, 1.807) is 4.90 Å². The van der Waals surface area contributed by atoms with Gasteiger partial charge in [-0.2, -0.15) is 0 Å². The average Bonchev–Trinajstić information content (AvgIpc) is 2.67. The first-order valence-electron chi connectivity index (χ1n) is 8.05. The highest BCUT2D eigenvalue weighted by Gasteiger charge is 2.24. The number of pyridine rings is 1. The van der Waals surface area contributed by atoms with Crippen LogP contribution in [0, 0.1) is 10.1 Å². The molecule has 26 heavy (non-hydrogen) atoms. The number of benzene rings is 1. The van der Waals surface area contributed by atoms with Gasteiger partial charge in [0.2, 0.25) is 5.75 Å². The molecule has 9 heteroatoms. The Morgan fingerprint density at radius 1 is 1.19 bits per heavy atom. The predicted molar refractivity (Wildman–Crippen MR) is 96.6 cm³/mol. The van der Waals surface area contributed by atoms with Gasteiger partial charge in [-0.1, -0.05) is 23.7 Å². The van der Waals surface area contributed by atoms with Gasteiger partial charge in [-0.05, 0) is 34.2 Å². The maximum Gasteiger partial charge on any atom is 0.406 e. The smallest absolute Gasteiger partial charge is 0.406 e. The first-order chi connectivity index (χ1) is 12.6. The van der Waals surface area contributed by atoms with E-state index in [1.807, 2.05) is 24.3 Å². The lowest BCUT2D eigenvalue weighted by Crippen LogP contribution is -2.50. The molecule has 1 aromatic carbocycles. The summed E-state index contributed by atoms with van der Waals surface area (Å²) in [4.78, 5) is 30.1. The molecular formula is C17H17ClN4O4. The summed E-state index contributed by atoms with van der Waals surface area (Å²) in [7, 11) is 0. The Bertz CT molecular complexity index is 809. The van der Waals surface area contributed by atoms with Crippen LogP contribution in [-0.2, 0) is 4.79 Å². The van der Waals surface area contributed by atoms with Crippen LogP contribution in [0.3, 0.4) is 0 Å². The van der Waals surface area contributed by atoms with Gasteiger partial charge >= 0.3 is 5.82 Å². The number of hydrogen-bond acceptors (Lipinski definition) is 6. The van der Waals surface area contributed by atoms with Crippen LogP contribution < -0.4 is 9.64 Å². The number of rotatable bonds is 5. The van der Waals surface area contributed by atoms with Crippen LogP contribution in [-0.4, -0.2) is 53.5 Å². The number of nitrogens with zero attached hydrogens (tertiary/aromatic N) is 4. The van der Waals surface area contributed by atoms with Crippen molar-refractivity contribution >= 4 is 29.0 Å². The SMILES string of the molecule is O=C(COc1cccnc1[N+](=O)[O-])N1CCN(c2ccccc2Cl)CC1. The molecule has 1 saturated heterocycles. The summed E-state index contributed by atoms with van der Waals surface area (Å²) in [6, 6.07) is 10.5. The molecule has 1 aliphatic rings. The summed E-state index contributed by atoms with van der Waals surface area (Å²) >= 11 is 6.21. The lowest BCUT2D eigenvalue weighted by molar-refractivity contribution is -0.390. The molecule has 0 aliphatic carbocycles. The first kappa shape index (κ1) is 17.9. The van der Waals surface area contributed by atoms with Crippen molar-refractivity contribution in [1.29, 1.82) is 0 Å². The highest BCUT2D eigenvalue weighted by Crippen LogP contribution is 2.26. The van der Waals surface area contributed by atoms with Gasteiger partial charge in [0.25, 0.3) is 5.91 Å². The van der Waals surface area contributed by atoms with Gasteiger partial charge in [0, 0.05) is 26.2 Å². The Morgan fingerprint density at radius 3 is 2.62 bits per heavy atom. The van der Waals surface area contributed by atoms with Gasteiger partial charge in [0.15, 0.2) is 6.61 Å². The molecular weight excluding hydrogens is 360 g/mol. The largest absolute Gasteiger partial charge is 0.476 e. The van der Waals surface area contributed by atoms with Crippen LogP contribution in [0.25, 0.3) is 0 Å². The normalized spacial score (nSPS) is 14.2. The minimum Gasteiger partial charge on any atom is -0.476 e. The monoisotopic (exact) mass is 376 g/mol. The molecule has 0 unspecified atom stereocenters. The maximum atomic E-state index is 12.3. The van der Waals surface area contributed by atoms with Gasteiger partial charge in [-0.15, -0.1) is 0 Å². The standard InChI is InChI=1S/C17H17ClN4O4/c18-13-4-1-2-5-14(13)20-8-10-21(11-9-20)16(23)12-26-15-6-3-7-19-17(15)22(24)25/h1-7H,8-12H2. The second kappa shape index (κ2) is 8.01. The Kier molecular flexibility index (Phi) is 5.52. The molecule has 8 nitrogen and oxygen atoms in total. The molecule has 3 rings (SSSR count). The van der Waals surface area contributed by atoms with Crippen LogP contribution >= 0.6 is 11.6 Å². The number of aromatic nitrogens is 1. The zero-order chi connectivity index (χ0) is 18.5. The van der Waals surface area contributed by atoms with E-state index in [2.05, 4.69) is 9.88 Å². The molecule has 136 valence electrons. The molecule has 1 aromatic heterocycles. The van der Waals surface area contributed by atoms with E-state index in [9.17, 15) is 14.9 Å². The third-order valence-corrected chi connectivity index (χ3v) is 4.42. The second-order valence-corrected chi connectivity index (χ2v) is 6.10. The number of anilines is 1. The highest BCUT2D eigenvalue weighted by molar-refractivity contribution is 6.33. The van der Waals surface area contributed by atoms with Crippen molar-refractivity contribution in [1.82, 2.24) is 9.88 Å². The molecule has 1 fully saturated rings. The Hall–Kier alpha value is -2.87. The van der Waals surface area contributed by atoms with Gasteiger partial charge in [-0.3, -0.25) is 4.79 Å². The Morgan fingerprint density at radius 2 is 1.92 bits per heavy atom. The van der Waals surface area contributed by atoms with E-state index >= 15 is 0 Å². The quantitative estimate of drug-likeness (QED) is 0.588. The molecule has 1 aliphatic heterocycles. The fraction of sp³-hybridized carbons (Fsp3) is 0.294. The number of hydrogen-bond donors (Lipinski definition) is 0. The number of para-hydroxylation sites is 1. The first-order valence-corrected chi connectivity index (χ1v) is 8.43. The molecule has 2 heterocycles. The topological polar surface area (TPSA) is 88.8 Å². The number of ether oxygens (including phenoxy) is 1. The Labute approximate surface area is 155 Å². The van der Waals surface area contributed by atoms with Crippen LogP contribution in [0.5, 0.6) is 5.75 Å². The van der Waals surface area contributed by atoms with Crippen molar-refractivity contribution in [3.63, 3.8) is 0 Å². The highest BCUT2D eigenvalue weighted by atomic mass is 35.5. The zero-order valence-corrected chi connectivity index (χ0v) is 14.6. The second-order valence-electron chi connectivity index (χ2n) is 5.69. The predicted octanol–water partition coefficient (Wildman–Crippen LogP) is 2.37. The molecule has 0 radical (unpaired) electrons. The summed E-state index contributed by atoms with van der Waals surface area (Å²) in [5, 5.41) is 11.6. The van der Waals surface area contributed by atoms with Gasteiger partial charge in [-0.25, -0.2) is 0 Å². The number of halogens is 1. The van der Waals surface area contributed by atoms with E-state index in [-0.39, 0.29) is 18.3 Å². The van der Waals surface area contributed by atoms with Crippen molar-refractivity contribution in [2.24, 2.45) is 0 Å². The number of nitro groups is 1. The molecule has 0 spiro atoms. The van der Waals surface area contributed by atoms with Crippen LogP contribution in [0.4, 0.5) is 11.5 Å². The zero-order valence-electron chi connectivity index (χ0n) is 13.9. The van der Waals surface area contributed by atoms with Crippen LogP contribution in [0.1, 0.15) is 0 Å². The van der Waals surface area contributed by atoms with Crippen molar-refractivity contribution in [3.05, 3.63) is 57.7 Å². The van der Waals surface area contributed by atoms with Crippen molar-refractivity contribution in [2.75, 3.05) is 37.7 Å². The summed E-state index contributed by atoms with van der Waals surface area (Å²) < 4.78 is 5.31. The third-order valence-electron chi connectivity index (χ3n) is 4.10. The number of carbonyl (C=O) groups is 1. The fourth-order valence-electron chi connectivity index (χ4n) is 2.77. The molecule has 2 aromatic rings. The van der Waals surface area contributed by atoms with Crippen molar-refractivity contribution < 1.29 is 14.5 Å². The number of amides is 1. The third kappa shape index (κ3) is 4.02. The molecule has 0 bridgehead atoms. The minimum absolute atomic E-state index is 0.0134. The van der Waals surface area contributed by atoms with Crippen LogP contribution in [0.2, 0.25) is 5.02 Å². The summed E-state index contributed by atoms with van der Waals surface area (Å²) in [6.07, 6.45) is 1.31. The Balaban J connectivity index is 1.55. The van der Waals surface area contributed by atoms with Crippen molar-refractivity contribution in [3.8, 4) is 5.75 Å². The summed E-state index contributed by atoms with van der Waals surface area (Å²) in [5.74, 6) is -0.633. The van der Waals surface area contributed by atoms with E-state index in [0.29, 0.717) is 31.2 Å². The van der Waals surface area contributed by atoms with Gasteiger partial charge in [0.1, 0.15) is 6.20 Å². The number of piperazine rings is 1. The average molecular weight is 377 g/mol. The molecule has 0 atom stereocenters. The van der Waals surface area contributed by atoms with E-state index < -0.39 is 10.7 Å². The molecule has 0 saturated carbocycles. The summed E-state index contributed by atoms with van der Waals surface area (Å²) in [6.45, 7) is 2.11. The van der Waals surface area contributed by atoms with Crippen molar-refractivity contribution in [2.45, 2.75) is 0 Å². The van der Waals surface area contributed by atoms with Gasteiger partial charge in [0.05, 0.1) is 10.7 Å². The molecule has 0 N–H and O–H groups in total. The van der Waals surface area contributed by atoms with E-state index in [0.717, 1.165) is 5.69 Å². The number of carbonyl (C=O) groups excluding carboxylic acids is 1. The van der Waals surface area contributed by atoms with E-state index in [4.69, 9.17) is 16.3 Å². The molecule has 1 amide bonds. The maximum absolute atomic E-state index is 12.3. The summed E-state index contributed by atoms with van der Waals surface area (Å²) in [5.41, 5.74) is 0.948. The lowest BCUT2D eigenvalue weighted by atomic mass is 10.2. The fourth-order valence-corrected chi connectivity index (χ4v) is 3.02. The van der Waals surface area contributed by atoms with E-state index in [1.165, 1.54) is 18.3 Å². The van der Waals surface area contributed by atoms with Crippen LogP contribution in [0.15, 0.2) is 42.6 Å². The lowest BCUT2D eigenvalue weighted by Gasteiger charge is -2.36. The minimum atomic E-state index is -0.637. The van der Waals surface area contributed by atoms with Gasteiger partial charge < -0.3 is 24.7 Å².